The zero-order valence-corrected chi connectivity index (χ0v) is 10.7. The first-order valence-corrected chi connectivity index (χ1v) is 6.38. The van der Waals surface area contributed by atoms with Crippen LogP contribution in [-0.2, 0) is 9.59 Å². The third-order valence-electron chi connectivity index (χ3n) is 3.67. The molecular formula is C14H22O3. The van der Waals surface area contributed by atoms with Crippen LogP contribution >= 0.6 is 0 Å². The Kier molecular flexibility index (Phi) is 4.91. The number of hydrogen-bond acceptors (Lipinski definition) is 2. The Morgan fingerprint density at radius 1 is 1.53 bits per heavy atom. The molecule has 0 aromatic rings. The van der Waals surface area contributed by atoms with E-state index in [9.17, 15) is 9.59 Å². The van der Waals surface area contributed by atoms with Gasteiger partial charge in [-0.05, 0) is 32.6 Å². The summed E-state index contributed by atoms with van der Waals surface area (Å²) in [5, 5.41) is 9.14. The van der Waals surface area contributed by atoms with E-state index in [1.807, 2.05) is 13.8 Å². The van der Waals surface area contributed by atoms with Crippen LogP contribution in [0.5, 0.6) is 0 Å². The fraction of sp³-hybridized carbons (Fsp3) is 0.714. The third-order valence-corrected chi connectivity index (χ3v) is 3.67. The van der Waals surface area contributed by atoms with Gasteiger partial charge in [-0.3, -0.25) is 9.59 Å². The number of hydrogen-bond donors (Lipinski definition) is 1. The molecule has 1 rings (SSSR count). The first-order chi connectivity index (χ1) is 7.97. The molecule has 1 saturated carbocycles. The number of carbonyl (C=O) groups excluding carboxylic acids is 1. The van der Waals surface area contributed by atoms with Gasteiger partial charge in [0.2, 0.25) is 0 Å². The summed E-state index contributed by atoms with van der Waals surface area (Å²) in [6, 6.07) is 0. The van der Waals surface area contributed by atoms with Crippen molar-refractivity contribution in [3.8, 4) is 0 Å². The molecule has 17 heavy (non-hydrogen) atoms. The Morgan fingerprint density at radius 2 is 2.18 bits per heavy atom. The molecule has 0 saturated heterocycles. The summed E-state index contributed by atoms with van der Waals surface area (Å²) in [6.07, 6.45) is 3.82. The van der Waals surface area contributed by atoms with E-state index in [1.165, 1.54) is 0 Å². The van der Waals surface area contributed by atoms with E-state index >= 15 is 0 Å². The molecule has 0 aromatic heterocycles. The summed E-state index contributed by atoms with van der Waals surface area (Å²) < 4.78 is 0. The van der Waals surface area contributed by atoms with E-state index < -0.39 is 11.9 Å². The van der Waals surface area contributed by atoms with Gasteiger partial charge in [-0.1, -0.05) is 18.9 Å². The van der Waals surface area contributed by atoms with Gasteiger partial charge in [0, 0.05) is 11.8 Å². The lowest BCUT2D eigenvalue weighted by Gasteiger charge is -2.31. The minimum absolute atomic E-state index is 0.000324. The maximum atomic E-state index is 12.3. The number of rotatable bonds is 5. The number of carbonyl (C=O) groups is 2. The van der Waals surface area contributed by atoms with Crippen molar-refractivity contribution in [3.63, 3.8) is 0 Å². The Balaban J connectivity index is 2.76. The third kappa shape index (κ3) is 3.42. The van der Waals surface area contributed by atoms with Crippen LogP contribution < -0.4 is 0 Å². The lowest BCUT2D eigenvalue weighted by molar-refractivity contribution is -0.149. The highest BCUT2D eigenvalue weighted by atomic mass is 16.4. The lowest BCUT2D eigenvalue weighted by atomic mass is 9.71. The van der Waals surface area contributed by atoms with Crippen molar-refractivity contribution in [3.05, 3.63) is 12.2 Å². The van der Waals surface area contributed by atoms with Gasteiger partial charge in [-0.2, -0.15) is 0 Å². The van der Waals surface area contributed by atoms with Gasteiger partial charge < -0.3 is 5.11 Å². The van der Waals surface area contributed by atoms with E-state index in [-0.39, 0.29) is 17.6 Å². The highest BCUT2D eigenvalue weighted by Crippen LogP contribution is 2.35. The van der Waals surface area contributed by atoms with E-state index in [2.05, 4.69) is 6.58 Å². The van der Waals surface area contributed by atoms with Crippen LogP contribution in [-0.4, -0.2) is 16.9 Å². The number of aliphatic carboxylic acids is 1. The molecule has 3 nitrogen and oxygen atoms in total. The molecule has 0 bridgehead atoms. The number of ketones is 1. The highest BCUT2D eigenvalue weighted by Gasteiger charge is 2.38. The average Bonchev–Trinajstić information content (AvgIpc) is 2.23. The molecule has 1 N–H and O–H groups in total. The van der Waals surface area contributed by atoms with Crippen LogP contribution in [0.15, 0.2) is 12.2 Å². The monoisotopic (exact) mass is 238 g/mol. The summed E-state index contributed by atoms with van der Waals surface area (Å²) in [7, 11) is 0. The number of Topliss-reactive ketones (excluding diaryl/α,β-unsaturated/α-hetero) is 1. The van der Waals surface area contributed by atoms with Gasteiger partial charge in [0.15, 0.2) is 0 Å². The zero-order valence-electron chi connectivity index (χ0n) is 10.7. The molecule has 0 heterocycles. The summed E-state index contributed by atoms with van der Waals surface area (Å²) >= 11 is 0. The SMILES string of the molecule is C=C(C)CC1CCCC(C(CC)C(=O)O)C1=O. The minimum atomic E-state index is -0.832. The maximum Gasteiger partial charge on any atom is 0.307 e. The van der Waals surface area contributed by atoms with Crippen LogP contribution in [0.1, 0.15) is 46.0 Å². The molecule has 1 fully saturated rings. The van der Waals surface area contributed by atoms with Crippen LogP contribution in [0.3, 0.4) is 0 Å². The quantitative estimate of drug-likeness (QED) is 0.749. The fourth-order valence-electron chi connectivity index (χ4n) is 2.83. The number of carboxylic acids is 1. The molecule has 0 aromatic carbocycles. The van der Waals surface area contributed by atoms with Gasteiger partial charge in [-0.15, -0.1) is 6.58 Å². The molecule has 0 amide bonds. The predicted molar refractivity (Wildman–Crippen MR) is 66.7 cm³/mol. The first kappa shape index (κ1) is 13.9. The Morgan fingerprint density at radius 3 is 2.65 bits per heavy atom. The molecule has 3 unspecified atom stereocenters. The smallest absolute Gasteiger partial charge is 0.307 e. The summed E-state index contributed by atoms with van der Waals surface area (Å²) in [4.78, 5) is 23.4. The molecule has 1 aliphatic rings. The lowest BCUT2D eigenvalue weighted by Crippen LogP contribution is -2.36. The Labute approximate surface area is 103 Å². The topological polar surface area (TPSA) is 54.4 Å². The summed E-state index contributed by atoms with van der Waals surface area (Å²) in [5.41, 5.74) is 1.01. The second-order valence-electron chi connectivity index (χ2n) is 5.15. The van der Waals surface area contributed by atoms with Crippen LogP contribution in [0.2, 0.25) is 0 Å². The fourth-order valence-corrected chi connectivity index (χ4v) is 2.83. The van der Waals surface area contributed by atoms with E-state index in [4.69, 9.17) is 5.11 Å². The van der Waals surface area contributed by atoms with E-state index in [0.717, 1.165) is 24.8 Å². The second kappa shape index (κ2) is 5.99. The Hall–Kier alpha value is -1.12. The van der Waals surface area contributed by atoms with Crippen molar-refractivity contribution in [2.45, 2.75) is 46.0 Å². The summed E-state index contributed by atoms with van der Waals surface area (Å²) in [6.45, 7) is 7.60. The number of carboxylic acid groups (broad SMARTS) is 1. The van der Waals surface area contributed by atoms with Crippen LogP contribution in [0, 0.1) is 17.8 Å². The van der Waals surface area contributed by atoms with Crippen molar-refractivity contribution >= 4 is 11.8 Å². The molecule has 3 atom stereocenters. The molecule has 3 heteroatoms. The summed E-state index contributed by atoms with van der Waals surface area (Å²) in [5.74, 6) is -1.47. The zero-order chi connectivity index (χ0) is 13.0. The van der Waals surface area contributed by atoms with Crippen molar-refractivity contribution < 1.29 is 14.7 Å². The van der Waals surface area contributed by atoms with Gasteiger partial charge in [0.1, 0.15) is 5.78 Å². The predicted octanol–water partition coefficient (Wildman–Crippen LogP) is 3.05. The minimum Gasteiger partial charge on any atom is -0.481 e. The van der Waals surface area contributed by atoms with Crippen LogP contribution in [0.4, 0.5) is 0 Å². The molecule has 0 radical (unpaired) electrons. The maximum absolute atomic E-state index is 12.3. The second-order valence-corrected chi connectivity index (χ2v) is 5.15. The normalized spacial score (nSPS) is 26.6. The van der Waals surface area contributed by atoms with Gasteiger partial charge in [0.05, 0.1) is 5.92 Å². The Bertz CT molecular complexity index is 319. The van der Waals surface area contributed by atoms with Gasteiger partial charge >= 0.3 is 5.97 Å². The van der Waals surface area contributed by atoms with Crippen molar-refractivity contribution in [2.75, 3.05) is 0 Å². The van der Waals surface area contributed by atoms with Crippen LogP contribution in [0.25, 0.3) is 0 Å². The molecule has 0 spiro atoms. The van der Waals surface area contributed by atoms with Crippen molar-refractivity contribution in [1.29, 1.82) is 0 Å². The van der Waals surface area contributed by atoms with E-state index in [1.54, 1.807) is 0 Å². The molecule has 0 aliphatic heterocycles. The highest BCUT2D eigenvalue weighted by molar-refractivity contribution is 5.88. The van der Waals surface area contributed by atoms with E-state index in [0.29, 0.717) is 12.8 Å². The standard InChI is InChI=1S/C14H22O3/c1-4-11(14(16)17)12-7-5-6-10(13(12)15)8-9(2)3/h10-12H,2,4-8H2,1,3H3,(H,16,17). The van der Waals surface area contributed by atoms with Crippen molar-refractivity contribution in [2.24, 2.45) is 17.8 Å². The first-order valence-electron chi connectivity index (χ1n) is 6.38. The number of allylic oxidation sites excluding steroid dienone is 1. The van der Waals surface area contributed by atoms with Gasteiger partial charge in [0.25, 0.3) is 0 Å². The van der Waals surface area contributed by atoms with Crippen molar-refractivity contribution in [1.82, 2.24) is 0 Å². The molecular weight excluding hydrogens is 216 g/mol. The largest absolute Gasteiger partial charge is 0.481 e. The molecule has 96 valence electrons. The average molecular weight is 238 g/mol. The van der Waals surface area contributed by atoms with Gasteiger partial charge in [-0.25, -0.2) is 0 Å². The molecule has 1 aliphatic carbocycles.